The van der Waals surface area contributed by atoms with Crippen molar-refractivity contribution in [3.8, 4) is 0 Å². The summed E-state index contributed by atoms with van der Waals surface area (Å²) in [7, 11) is 0. The number of nitrogens with two attached hydrogens (primary N) is 1. The highest BCUT2D eigenvalue weighted by Gasteiger charge is 2.38. The van der Waals surface area contributed by atoms with Crippen molar-refractivity contribution in [3.05, 3.63) is 0 Å². The Morgan fingerprint density at radius 1 is 0.905 bits per heavy atom. The predicted molar refractivity (Wildman–Crippen MR) is 60.3 cm³/mol. The monoisotopic (exact) mass is 326 g/mol. The highest BCUT2D eigenvalue weighted by Crippen LogP contribution is 2.14. The first kappa shape index (κ1) is 21.8. The van der Waals surface area contributed by atoms with Gasteiger partial charge >= 0.3 is 24.2 Å². The third kappa shape index (κ3) is 14.7. The van der Waals surface area contributed by atoms with Crippen LogP contribution < -0.4 is 11.1 Å². The van der Waals surface area contributed by atoms with Gasteiger partial charge < -0.3 is 16.2 Å². The molecule has 0 aliphatic rings. The number of carbonyl (C=O) groups is 2. The van der Waals surface area contributed by atoms with Crippen molar-refractivity contribution < 1.29 is 41.0 Å². The van der Waals surface area contributed by atoms with Crippen molar-refractivity contribution in [2.24, 2.45) is 5.73 Å². The third-order valence-electron chi connectivity index (χ3n) is 1.92. The van der Waals surface area contributed by atoms with Crippen LogP contribution in [0.4, 0.5) is 26.3 Å². The molecule has 0 aromatic rings. The van der Waals surface area contributed by atoms with Gasteiger partial charge in [0.1, 0.15) is 0 Å². The number of alkyl halides is 6. The molecule has 0 heterocycles. The van der Waals surface area contributed by atoms with Crippen LogP contribution in [-0.4, -0.2) is 42.4 Å². The number of unbranched alkanes of at least 4 members (excludes halogenated alkanes) is 3. The first-order chi connectivity index (χ1) is 9.42. The molecular formula is C10H16F6N2O3. The van der Waals surface area contributed by atoms with Gasteiger partial charge in [-0.25, -0.2) is 4.79 Å². The van der Waals surface area contributed by atoms with Gasteiger partial charge in [-0.2, -0.15) is 26.3 Å². The standard InChI is InChI=1S/C8H15F3N2O.C2HF3O2/c9-8(10,11)7(14)13-6-4-2-1-3-5-12;3-2(4,5)1(6)7/h1-6,12H2,(H,13,14);(H,6,7). The molecule has 1 amide bonds. The van der Waals surface area contributed by atoms with E-state index in [-0.39, 0.29) is 6.54 Å². The van der Waals surface area contributed by atoms with E-state index in [0.717, 1.165) is 19.3 Å². The number of amides is 1. The molecule has 0 radical (unpaired) electrons. The van der Waals surface area contributed by atoms with E-state index in [9.17, 15) is 31.1 Å². The van der Waals surface area contributed by atoms with Gasteiger partial charge in [0.25, 0.3) is 0 Å². The lowest BCUT2D eigenvalue weighted by Crippen LogP contribution is -2.37. The quantitative estimate of drug-likeness (QED) is 0.513. The van der Waals surface area contributed by atoms with Crippen LogP contribution in [0.15, 0.2) is 0 Å². The number of aliphatic carboxylic acids is 1. The maximum absolute atomic E-state index is 11.7. The number of carbonyl (C=O) groups excluding carboxylic acids is 1. The van der Waals surface area contributed by atoms with Crippen LogP contribution in [-0.2, 0) is 9.59 Å². The summed E-state index contributed by atoms with van der Waals surface area (Å²) >= 11 is 0. The van der Waals surface area contributed by atoms with E-state index in [4.69, 9.17) is 15.6 Å². The van der Waals surface area contributed by atoms with Crippen LogP contribution in [0.3, 0.4) is 0 Å². The molecule has 0 aliphatic heterocycles. The topological polar surface area (TPSA) is 92.4 Å². The van der Waals surface area contributed by atoms with Gasteiger partial charge in [0.05, 0.1) is 0 Å². The molecule has 5 nitrogen and oxygen atoms in total. The van der Waals surface area contributed by atoms with E-state index in [2.05, 4.69) is 0 Å². The zero-order chi connectivity index (χ0) is 17.1. The van der Waals surface area contributed by atoms with Crippen molar-refractivity contribution in [1.29, 1.82) is 0 Å². The first-order valence-electron chi connectivity index (χ1n) is 5.78. The molecule has 21 heavy (non-hydrogen) atoms. The van der Waals surface area contributed by atoms with Gasteiger partial charge in [-0.1, -0.05) is 12.8 Å². The Hall–Kier alpha value is -1.52. The van der Waals surface area contributed by atoms with Crippen LogP contribution >= 0.6 is 0 Å². The van der Waals surface area contributed by atoms with E-state index in [1.54, 1.807) is 5.32 Å². The van der Waals surface area contributed by atoms with Crippen LogP contribution in [0.25, 0.3) is 0 Å². The maximum Gasteiger partial charge on any atom is 0.490 e. The number of hydrogen-bond donors (Lipinski definition) is 3. The molecule has 126 valence electrons. The first-order valence-corrected chi connectivity index (χ1v) is 5.78. The summed E-state index contributed by atoms with van der Waals surface area (Å²) in [5.74, 6) is -4.62. The van der Waals surface area contributed by atoms with E-state index in [1.807, 2.05) is 0 Å². The SMILES string of the molecule is NCCCCCCNC(=O)C(F)(F)F.O=C(O)C(F)(F)F. The largest absolute Gasteiger partial charge is 0.490 e. The Morgan fingerprint density at radius 2 is 1.33 bits per heavy atom. The number of hydrogen-bond acceptors (Lipinski definition) is 3. The normalized spacial score (nSPS) is 11.4. The van der Waals surface area contributed by atoms with Crippen molar-refractivity contribution in [3.63, 3.8) is 0 Å². The molecule has 0 bridgehead atoms. The highest BCUT2D eigenvalue weighted by molar-refractivity contribution is 5.81. The van der Waals surface area contributed by atoms with E-state index in [1.165, 1.54) is 0 Å². The molecule has 0 unspecified atom stereocenters. The summed E-state index contributed by atoms with van der Waals surface area (Å²) in [6.07, 6.45) is -6.75. The average molecular weight is 326 g/mol. The Morgan fingerprint density at radius 3 is 1.67 bits per heavy atom. The Balaban J connectivity index is 0. The minimum Gasteiger partial charge on any atom is -0.475 e. The average Bonchev–Trinajstić information content (AvgIpc) is 2.31. The molecule has 0 aromatic carbocycles. The zero-order valence-electron chi connectivity index (χ0n) is 10.9. The fraction of sp³-hybridized carbons (Fsp3) is 0.800. The molecule has 0 aliphatic carbocycles. The molecule has 11 heteroatoms. The molecule has 0 rings (SSSR count). The van der Waals surface area contributed by atoms with Gasteiger partial charge in [0.2, 0.25) is 0 Å². The fourth-order valence-electron chi connectivity index (χ4n) is 0.925. The van der Waals surface area contributed by atoms with E-state index in [0.29, 0.717) is 13.0 Å². The molecule has 0 saturated heterocycles. The van der Waals surface area contributed by atoms with Gasteiger partial charge in [-0.3, -0.25) is 4.79 Å². The van der Waals surface area contributed by atoms with Crippen molar-refractivity contribution in [2.75, 3.05) is 13.1 Å². The lowest BCUT2D eigenvalue weighted by atomic mass is 10.2. The minimum absolute atomic E-state index is 0.0723. The van der Waals surface area contributed by atoms with Crippen LogP contribution in [0.5, 0.6) is 0 Å². The van der Waals surface area contributed by atoms with Crippen LogP contribution in [0.2, 0.25) is 0 Å². The summed E-state index contributed by atoms with van der Waals surface area (Å²) in [6, 6.07) is 0. The lowest BCUT2D eigenvalue weighted by Gasteiger charge is -2.07. The number of carboxylic acids is 1. The molecule has 0 fully saturated rings. The minimum atomic E-state index is -5.08. The van der Waals surface area contributed by atoms with Crippen molar-refractivity contribution >= 4 is 11.9 Å². The lowest BCUT2D eigenvalue weighted by molar-refractivity contribution is -0.192. The second kappa shape index (κ2) is 10.2. The van der Waals surface area contributed by atoms with E-state index < -0.39 is 24.2 Å². The smallest absolute Gasteiger partial charge is 0.475 e. The third-order valence-corrected chi connectivity index (χ3v) is 1.92. The summed E-state index contributed by atoms with van der Waals surface area (Å²) in [4.78, 5) is 19.2. The molecule has 0 atom stereocenters. The predicted octanol–water partition coefficient (Wildman–Crippen LogP) is 1.82. The summed E-state index contributed by atoms with van der Waals surface area (Å²) in [5, 5.41) is 8.93. The summed E-state index contributed by atoms with van der Waals surface area (Å²) in [5.41, 5.74) is 5.23. The number of carboxylic acid groups (broad SMARTS) is 1. The number of rotatable bonds is 6. The van der Waals surface area contributed by atoms with Crippen LogP contribution in [0, 0.1) is 0 Å². The number of halogens is 6. The molecule has 0 aromatic heterocycles. The summed E-state index contributed by atoms with van der Waals surface area (Å²) in [6.45, 7) is 0.665. The maximum atomic E-state index is 11.7. The fourth-order valence-corrected chi connectivity index (χ4v) is 0.925. The Kier molecular flexibility index (Phi) is 10.6. The second-order valence-electron chi connectivity index (χ2n) is 3.76. The summed E-state index contributed by atoms with van der Waals surface area (Å²) < 4.78 is 66.7. The van der Waals surface area contributed by atoms with Crippen molar-refractivity contribution in [1.82, 2.24) is 5.32 Å². The second-order valence-corrected chi connectivity index (χ2v) is 3.76. The van der Waals surface area contributed by atoms with Gasteiger partial charge in [-0.15, -0.1) is 0 Å². The van der Waals surface area contributed by atoms with E-state index >= 15 is 0 Å². The molecule has 0 saturated carbocycles. The van der Waals surface area contributed by atoms with Crippen molar-refractivity contribution in [2.45, 2.75) is 38.0 Å². The zero-order valence-corrected chi connectivity index (χ0v) is 10.9. The van der Waals surface area contributed by atoms with Gasteiger partial charge in [-0.05, 0) is 19.4 Å². The molecule has 4 N–H and O–H groups in total. The van der Waals surface area contributed by atoms with Gasteiger partial charge in [0, 0.05) is 6.54 Å². The molecule has 0 spiro atoms. The van der Waals surface area contributed by atoms with Gasteiger partial charge in [0.15, 0.2) is 0 Å². The van der Waals surface area contributed by atoms with Crippen LogP contribution in [0.1, 0.15) is 25.7 Å². The number of nitrogens with one attached hydrogen (secondary N) is 1. The Bertz CT molecular complexity index is 317. The molecular weight excluding hydrogens is 310 g/mol. The highest BCUT2D eigenvalue weighted by atomic mass is 19.4. The Labute approximate surface area is 116 Å².